The molecular formula is C7H12ClNO. The Kier molecular flexibility index (Phi) is 2.55. The van der Waals surface area contributed by atoms with Gasteiger partial charge >= 0.3 is 0 Å². The Bertz CT molecular complexity index is 138. The maximum absolute atomic E-state index is 11.0. The summed E-state index contributed by atoms with van der Waals surface area (Å²) in [5.74, 6) is 0.225. The van der Waals surface area contributed by atoms with Gasteiger partial charge in [0.2, 0.25) is 5.91 Å². The lowest BCUT2D eigenvalue weighted by molar-refractivity contribution is -0.129. The molecule has 0 radical (unpaired) electrons. The van der Waals surface area contributed by atoms with E-state index in [1.165, 1.54) is 0 Å². The van der Waals surface area contributed by atoms with Gasteiger partial charge in [-0.05, 0) is 6.42 Å². The van der Waals surface area contributed by atoms with E-state index >= 15 is 0 Å². The third-order valence-electron chi connectivity index (χ3n) is 1.79. The molecule has 0 aromatic heterocycles. The fourth-order valence-electron chi connectivity index (χ4n) is 1.17. The second-order valence-electron chi connectivity index (χ2n) is 2.58. The number of carbonyl (C=O) groups excluding carboxylic acids is 1. The summed E-state index contributed by atoms with van der Waals surface area (Å²) in [7, 11) is 0. The predicted molar refractivity (Wildman–Crippen MR) is 41.1 cm³/mol. The zero-order valence-corrected chi connectivity index (χ0v) is 6.90. The van der Waals surface area contributed by atoms with E-state index in [1.807, 2.05) is 11.8 Å². The molecule has 0 saturated carbocycles. The molecule has 1 rings (SSSR count). The highest BCUT2D eigenvalue weighted by molar-refractivity contribution is 6.21. The zero-order valence-electron chi connectivity index (χ0n) is 6.14. The van der Waals surface area contributed by atoms with Gasteiger partial charge in [0.1, 0.15) is 0 Å². The average molecular weight is 162 g/mol. The van der Waals surface area contributed by atoms with Gasteiger partial charge in [0, 0.05) is 19.5 Å². The second-order valence-corrected chi connectivity index (χ2v) is 3.20. The number of alkyl halides is 1. The molecule has 1 unspecified atom stereocenters. The van der Waals surface area contributed by atoms with E-state index in [-0.39, 0.29) is 11.3 Å². The van der Waals surface area contributed by atoms with Crippen molar-refractivity contribution in [1.29, 1.82) is 0 Å². The van der Waals surface area contributed by atoms with Gasteiger partial charge in [0.25, 0.3) is 0 Å². The van der Waals surface area contributed by atoms with Gasteiger partial charge in [-0.15, -0.1) is 11.6 Å². The van der Waals surface area contributed by atoms with Gasteiger partial charge in [-0.3, -0.25) is 4.79 Å². The molecule has 1 aliphatic heterocycles. The topological polar surface area (TPSA) is 20.3 Å². The number of nitrogens with zero attached hydrogens (tertiary/aromatic N) is 1. The first-order valence-electron chi connectivity index (χ1n) is 3.66. The number of hydrogen-bond acceptors (Lipinski definition) is 1. The SMILES string of the molecule is CCC(=O)N1CCC(Cl)C1. The summed E-state index contributed by atoms with van der Waals surface area (Å²) >= 11 is 5.81. The molecule has 1 fully saturated rings. The number of carbonyl (C=O) groups is 1. The zero-order chi connectivity index (χ0) is 7.56. The molecule has 1 amide bonds. The Morgan fingerprint density at radius 3 is 2.90 bits per heavy atom. The van der Waals surface area contributed by atoms with Crippen LogP contribution < -0.4 is 0 Å². The van der Waals surface area contributed by atoms with Crippen LogP contribution in [-0.4, -0.2) is 29.3 Å². The van der Waals surface area contributed by atoms with Crippen LogP contribution in [0, 0.1) is 0 Å². The van der Waals surface area contributed by atoms with Crippen LogP contribution in [0.4, 0.5) is 0 Å². The standard InChI is InChI=1S/C7H12ClNO/c1-2-7(10)9-4-3-6(8)5-9/h6H,2-5H2,1H3. The van der Waals surface area contributed by atoms with Crippen molar-refractivity contribution in [2.45, 2.75) is 25.1 Å². The van der Waals surface area contributed by atoms with Crippen LogP contribution in [0.3, 0.4) is 0 Å². The van der Waals surface area contributed by atoms with E-state index in [0.29, 0.717) is 6.42 Å². The summed E-state index contributed by atoms with van der Waals surface area (Å²) in [4.78, 5) is 12.9. The van der Waals surface area contributed by atoms with Crippen LogP contribution in [0.15, 0.2) is 0 Å². The molecule has 1 heterocycles. The van der Waals surface area contributed by atoms with Crippen LogP contribution >= 0.6 is 11.6 Å². The number of halogens is 1. The first-order valence-corrected chi connectivity index (χ1v) is 4.09. The van der Waals surface area contributed by atoms with E-state index in [0.717, 1.165) is 19.5 Å². The average Bonchev–Trinajstić information content (AvgIpc) is 2.34. The highest BCUT2D eigenvalue weighted by Gasteiger charge is 2.22. The summed E-state index contributed by atoms with van der Waals surface area (Å²) in [6.45, 7) is 3.47. The number of rotatable bonds is 1. The molecule has 0 N–H and O–H groups in total. The first kappa shape index (κ1) is 7.86. The van der Waals surface area contributed by atoms with E-state index in [2.05, 4.69) is 0 Å². The normalized spacial score (nSPS) is 25.4. The summed E-state index contributed by atoms with van der Waals surface area (Å²) in [6.07, 6.45) is 1.55. The minimum Gasteiger partial charge on any atom is -0.341 e. The molecule has 0 aliphatic carbocycles. The van der Waals surface area contributed by atoms with Crippen molar-refractivity contribution in [1.82, 2.24) is 4.90 Å². The maximum atomic E-state index is 11.0. The molecule has 1 aliphatic rings. The lowest BCUT2D eigenvalue weighted by Gasteiger charge is -2.13. The summed E-state index contributed by atoms with van der Waals surface area (Å²) < 4.78 is 0. The first-order chi connectivity index (χ1) is 4.74. The van der Waals surface area contributed by atoms with Crippen molar-refractivity contribution < 1.29 is 4.79 Å². The van der Waals surface area contributed by atoms with Gasteiger partial charge in [-0.25, -0.2) is 0 Å². The van der Waals surface area contributed by atoms with Crippen LogP contribution in [-0.2, 0) is 4.79 Å². The molecule has 2 nitrogen and oxygen atoms in total. The van der Waals surface area contributed by atoms with Gasteiger partial charge in [0.15, 0.2) is 0 Å². The summed E-state index contributed by atoms with van der Waals surface area (Å²) in [6, 6.07) is 0. The molecule has 58 valence electrons. The van der Waals surface area contributed by atoms with Gasteiger partial charge in [-0.2, -0.15) is 0 Å². The lowest BCUT2D eigenvalue weighted by atomic mass is 10.4. The van der Waals surface area contributed by atoms with Crippen LogP contribution in [0.5, 0.6) is 0 Å². The third-order valence-corrected chi connectivity index (χ3v) is 2.14. The molecule has 10 heavy (non-hydrogen) atoms. The highest BCUT2D eigenvalue weighted by Crippen LogP contribution is 2.14. The molecule has 0 bridgehead atoms. The number of amides is 1. The monoisotopic (exact) mass is 161 g/mol. The van der Waals surface area contributed by atoms with Crippen molar-refractivity contribution in [3.63, 3.8) is 0 Å². The minimum atomic E-state index is 0.190. The molecule has 3 heteroatoms. The maximum Gasteiger partial charge on any atom is 0.222 e. The van der Waals surface area contributed by atoms with Crippen LogP contribution in [0.1, 0.15) is 19.8 Å². The molecule has 1 saturated heterocycles. The van der Waals surface area contributed by atoms with E-state index in [9.17, 15) is 4.79 Å². The Morgan fingerprint density at radius 1 is 1.80 bits per heavy atom. The van der Waals surface area contributed by atoms with E-state index in [1.54, 1.807) is 0 Å². The van der Waals surface area contributed by atoms with E-state index < -0.39 is 0 Å². The minimum absolute atomic E-state index is 0.190. The molecule has 0 aromatic rings. The quantitative estimate of drug-likeness (QED) is 0.530. The Balaban J connectivity index is 2.37. The predicted octanol–water partition coefficient (Wildman–Crippen LogP) is 1.24. The highest BCUT2D eigenvalue weighted by atomic mass is 35.5. The van der Waals surface area contributed by atoms with Crippen LogP contribution in [0.25, 0.3) is 0 Å². The van der Waals surface area contributed by atoms with Crippen LogP contribution in [0.2, 0.25) is 0 Å². The molecule has 0 aromatic carbocycles. The van der Waals surface area contributed by atoms with Crippen molar-refractivity contribution in [3.8, 4) is 0 Å². The Labute approximate surface area is 66.1 Å². The van der Waals surface area contributed by atoms with Gasteiger partial charge in [-0.1, -0.05) is 6.92 Å². The number of likely N-dealkylation sites (tertiary alicyclic amines) is 1. The summed E-state index contributed by atoms with van der Waals surface area (Å²) in [5, 5.41) is 0.190. The van der Waals surface area contributed by atoms with Gasteiger partial charge in [0.05, 0.1) is 5.38 Å². The second kappa shape index (κ2) is 3.24. The van der Waals surface area contributed by atoms with Crippen molar-refractivity contribution in [3.05, 3.63) is 0 Å². The Morgan fingerprint density at radius 2 is 2.50 bits per heavy atom. The number of hydrogen-bond donors (Lipinski definition) is 0. The van der Waals surface area contributed by atoms with Crippen molar-refractivity contribution in [2.24, 2.45) is 0 Å². The van der Waals surface area contributed by atoms with Crippen molar-refractivity contribution in [2.75, 3.05) is 13.1 Å². The van der Waals surface area contributed by atoms with E-state index in [4.69, 9.17) is 11.6 Å². The fourth-order valence-corrected chi connectivity index (χ4v) is 1.43. The molecule has 0 spiro atoms. The fraction of sp³-hybridized carbons (Fsp3) is 0.857. The van der Waals surface area contributed by atoms with Crippen molar-refractivity contribution >= 4 is 17.5 Å². The molecule has 1 atom stereocenters. The molecular weight excluding hydrogens is 150 g/mol. The third kappa shape index (κ3) is 1.63. The lowest BCUT2D eigenvalue weighted by Crippen LogP contribution is -2.27. The smallest absolute Gasteiger partial charge is 0.222 e. The Hall–Kier alpha value is -0.240. The van der Waals surface area contributed by atoms with Gasteiger partial charge < -0.3 is 4.90 Å². The largest absolute Gasteiger partial charge is 0.341 e. The summed E-state index contributed by atoms with van der Waals surface area (Å²) in [5.41, 5.74) is 0.